The Labute approximate surface area is 177 Å². The molecule has 146 valence electrons. The first-order valence-electron chi connectivity index (χ1n) is 9.19. The minimum atomic E-state index is 0.0702. The van der Waals surface area contributed by atoms with Gasteiger partial charge in [-0.2, -0.15) is 0 Å². The average Bonchev–Trinajstić information content (AvgIpc) is 3.36. The van der Waals surface area contributed by atoms with Crippen molar-refractivity contribution in [3.63, 3.8) is 0 Å². The number of aromatic amines is 1. The van der Waals surface area contributed by atoms with Gasteiger partial charge in [-0.05, 0) is 18.2 Å². The summed E-state index contributed by atoms with van der Waals surface area (Å²) >= 11 is 3.13. The lowest BCUT2D eigenvalue weighted by Gasteiger charge is -2.07. The zero-order chi connectivity index (χ0) is 20.1. The Balaban J connectivity index is 1.46. The van der Waals surface area contributed by atoms with E-state index in [4.69, 9.17) is 0 Å². The van der Waals surface area contributed by atoms with Crippen molar-refractivity contribution in [2.75, 3.05) is 5.75 Å². The smallest absolute Gasteiger partial charge is 0.191 e. The number of ketones is 1. The Bertz CT molecular complexity index is 1130. The van der Waals surface area contributed by atoms with Gasteiger partial charge in [-0.25, -0.2) is 0 Å². The average molecular weight is 421 g/mol. The molecule has 0 spiro atoms. The van der Waals surface area contributed by atoms with Crippen LogP contribution in [0, 0.1) is 0 Å². The Morgan fingerprint density at radius 1 is 1.07 bits per heavy atom. The molecule has 2 heterocycles. The Morgan fingerprint density at radius 2 is 1.86 bits per heavy atom. The van der Waals surface area contributed by atoms with Crippen molar-refractivity contribution in [2.24, 2.45) is 0 Å². The summed E-state index contributed by atoms with van der Waals surface area (Å²) in [7, 11) is 0. The topological polar surface area (TPSA) is 63.6 Å². The van der Waals surface area contributed by atoms with Crippen LogP contribution in [0.2, 0.25) is 0 Å². The van der Waals surface area contributed by atoms with Crippen molar-refractivity contribution >= 4 is 40.2 Å². The van der Waals surface area contributed by atoms with E-state index in [1.165, 1.54) is 16.7 Å². The first-order valence-corrected chi connectivity index (χ1v) is 11.2. The fourth-order valence-electron chi connectivity index (χ4n) is 3.02. The zero-order valence-corrected chi connectivity index (χ0v) is 17.4. The first kappa shape index (κ1) is 19.5. The maximum absolute atomic E-state index is 12.8. The van der Waals surface area contributed by atoms with Crippen molar-refractivity contribution < 1.29 is 4.79 Å². The van der Waals surface area contributed by atoms with Gasteiger partial charge < -0.3 is 9.55 Å². The lowest BCUT2D eigenvalue weighted by Crippen LogP contribution is -2.06. The van der Waals surface area contributed by atoms with Crippen LogP contribution in [0.1, 0.15) is 16.2 Å². The number of aromatic nitrogens is 4. The normalized spacial score (nSPS) is 11.0. The molecule has 0 fully saturated rings. The van der Waals surface area contributed by atoms with Crippen LogP contribution in [-0.4, -0.2) is 31.3 Å². The van der Waals surface area contributed by atoms with Gasteiger partial charge in [0.25, 0.3) is 0 Å². The van der Waals surface area contributed by atoms with Gasteiger partial charge in [0.2, 0.25) is 0 Å². The number of carbonyl (C=O) groups is 1. The van der Waals surface area contributed by atoms with Crippen molar-refractivity contribution in [1.82, 2.24) is 19.7 Å². The predicted octanol–water partition coefficient (Wildman–Crippen LogP) is 5.21. The summed E-state index contributed by atoms with van der Waals surface area (Å²) in [4.78, 5) is 17.1. The number of para-hydroxylation sites is 1. The largest absolute Gasteiger partial charge is 0.360 e. The molecule has 0 aliphatic heterocycles. The number of nitrogens with zero attached hydrogens (tertiary/aromatic N) is 3. The SMILES string of the molecule is C=CCn1c(CSc2ccccc2)nnc1SCC(=O)c1c[nH]c2ccccc12. The third kappa shape index (κ3) is 4.46. The van der Waals surface area contributed by atoms with E-state index in [1.807, 2.05) is 53.1 Å². The van der Waals surface area contributed by atoms with Gasteiger partial charge in [-0.15, -0.1) is 28.5 Å². The number of hydrogen-bond donors (Lipinski definition) is 1. The molecule has 7 heteroatoms. The van der Waals surface area contributed by atoms with E-state index in [0.717, 1.165) is 21.9 Å². The van der Waals surface area contributed by atoms with E-state index in [0.29, 0.717) is 23.6 Å². The monoisotopic (exact) mass is 420 g/mol. The molecule has 0 saturated heterocycles. The summed E-state index contributed by atoms with van der Waals surface area (Å²) in [5.74, 6) is 1.96. The molecule has 0 amide bonds. The van der Waals surface area contributed by atoms with Gasteiger partial charge in [-0.1, -0.05) is 54.2 Å². The van der Waals surface area contributed by atoms with E-state index in [9.17, 15) is 4.79 Å². The quantitative estimate of drug-likeness (QED) is 0.229. The highest BCUT2D eigenvalue weighted by molar-refractivity contribution is 7.99. The van der Waals surface area contributed by atoms with E-state index in [-0.39, 0.29) is 5.78 Å². The van der Waals surface area contributed by atoms with Gasteiger partial charge in [0.15, 0.2) is 10.9 Å². The van der Waals surface area contributed by atoms with E-state index < -0.39 is 0 Å². The second-order valence-corrected chi connectivity index (χ2v) is 8.35. The van der Waals surface area contributed by atoms with Crippen molar-refractivity contribution in [1.29, 1.82) is 0 Å². The summed E-state index contributed by atoms with van der Waals surface area (Å²) in [6, 6.07) is 18.0. The maximum atomic E-state index is 12.8. The molecule has 0 aliphatic rings. The Kier molecular flexibility index (Phi) is 6.17. The highest BCUT2D eigenvalue weighted by atomic mass is 32.2. The minimum Gasteiger partial charge on any atom is -0.360 e. The number of nitrogens with one attached hydrogen (secondary N) is 1. The van der Waals surface area contributed by atoms with Gasteiger partial charge in [-0.3, -0.25) is 4.79 Å². The van der Waals surface area contributed by atoms with E-state index in [1.54, 1.807) is 18.0 Å². The first-order chi connectivity index (χ1) is 14.3. The number of fused-ring (bicyclic) bond motifs is 1. The van der Waals surface area contributed by atoms with Crippen LogP contribution in [0.25, 0.3) is 10.9 Å². The number of rotatable bonds is 9. The van der Waals surface area contributed by atoms with Gasteiger partial charge in [0.1, 0.15) is 5.82 Å². The lowest BCUT2D eigenvalue weighted by atomic mass is 10.1. The van der Waals surface area contributed by atoms with Gasteiger partial charge in [0.05, 0.1) is 11.5 Å². The molecule has 4 aromatic rings. The summed E-state index contributed by atoms with van der Waals surface area (Å²) in [5, 5.41) is 10.4. The zero-order valence-electron chi connectivity index (χ0n) is 15.7. The summed E-state index contributed by atoms with van der Waals surface area (Å²) in [5.41, 5.74) is 1.68. The second kappa shape index (κ2) is 9.15. The molecular formula is C22H20N4OS2. The van der Waals surface area contributed by atoms with Crippen LogP contribution >= 0.6 is 23.5 Å². The fourth-order valence-corrected chi connectivity index (χ4v) is 4.73. The van der Waals surface area contributed by atoms with Crippen LogP contribution in [0.5, 0.6) is 0 Å². The number of hydrogen-bond acceptors (Lipinski definition) is 5. The van der Waals surface area contributed by atoms with Crippen LogP contribution in [0.15, 0.2) is 83.5 Å². The second-order valence-electron chi connectivity index (χ2n) is 6.36. The lowest BCUT2D eigenvalue weighted by molar-refractivity contribution is 0.102. The van der Waals surface area contributed by atoms with Crippen molar-refractivity contribution in [3.05, 3.63) is 84.8 Å². The number of Topliss-reactive ketones (excluding diaryl/α,β-unsaturated/α-hetero) is 1. The van der Waals surface area contributed by atoms with E-state index >= 15 is 0 Å². The number of thioether (sulfide) groups is 2. The molecule has 1 N–H and O–H groups in total. The molecule has 0 radical (unpaired) electrons. The van der Waals surface area contributed by atoms with Gasteiger partial charge in [0, 0.05) is 34.1 Å². The highest BCUT2D eigenvalue weighted by Gasteiger charge is 2.16. The number of benzene rings is 2. The summed E-state index contributed by atoms with van der Waals surface area (Å²) < 4.78 is 2.02. The number of allylic oxidation sites excluding steroid dienone is 1. The van der Waals surface area contributed by atoms with Crippen LogP contribution in [0.4, 0.5) is 0 Å². The molecular weight excluding hydrogens is 400 g/mol. The Morgan fingerprint density at radius 3 is 2.69 bits per heavy atom. The molecule has 2 aromatic carbocycles. The summed E-state index contributed by atoms with van der Waals surface area (Å²) in [6.45, 7) is 4.45. The van der Waals surface area contributed by atoms with Crippen LogP contribution in [-0.2, 0) is 12.3 Å². The molecule has 0 atom stereocenters. The standard InChI is InChI=1S/C22H20N4OS2/c1-2-12-26-21(15-28-16-8-4-3-5-9-16)24-25-22(26)29-14-20(27)18-13-23-19-11-7-6-10-17(18)19/h2-11,13,23H,1,12,14-15H2. The Hall–Kier alpha value is -2.77. The van der Waals surface area contributed by atoms with Crippen molar-refractivity contribution in [3.8, 4) is 0 Å². The molecule has 4 rings (SSSR count). The van der Waals surface area contributed by atoms with Gasteiger partial charge >= 0.3 is 0 Å². The van der Waals surface area contributed by atoms with Crippen LogP contribution in [0.3, 0.4) is 0 Å². The number of carbonyl (C=O) groups excluding carboxylic acids is 1. The summed E-state index contributed by atoms with van der Waals surface area (Å²) in [6.07, 6.45) is 3.61. The number of H-pyrrole nitrogens is 1. The third-order valence-corrected chi connectivity index (χ3v) is 6.41. The molecule has 29 heavy (non-hydrogen) atoms. The third-order valence-electron chi connectivity index (χ3n) is 4.44. The molecule has 0 unspecified atom stereocenters. The van der Waals surface area contributed by atoms with E-state index in [2.05, 4.69) is 33.9 Å². The maximum Gasteiger partial charge on any atom is 0.191 e. The minimum absolute atomic E-state index is 0.0702. The molecule has 0 bridgehead atoms. The molecule has 5 nitrogen and oxygen atoms in total. The molecule has 0 saturated carbocycles. The van der Waals surface area contributed by atoms with Crippen molar-refractivity contribution in [2.45, 2.75) is 22.3 Å². The predicted molar refractivity (Wildman–Crippen MR) is 120 cm³/mol. The highest BCUT2D eigenvalue weighted by Crippen LogP contribution is 2.26. The fraction of sp³-hybridized carbons (Fsp3) is 0.136. The van der Waals surface area contributed by atoms with Crippen LogP contribution < -0.4 is 0 Å². The molecule has 0 aliphatic carbocycles. The molecule has 2 aromatic heterocycles.